The van der Waals surface area contributed by atoms with Crippen molar-refractivity contribution in [3.05, 3.63) is 84.4 Å². The molecule has 2 saturated carbocycles. The lowest BCUT2D eigenvalue weighted by Gasteiger charge is -2.33. The summed E-state index contributed by atoms with van der Waals surface area (Å²) in [7, 11) is 0. The molecular formula is C34H44N6O2. The highest BCUT2D eigenvalue weighted by atomic mass is 16.2. The van der Waals surface area contributed by atoms with Crippen molar-refractivity contribution in [3.63, 3.8) is 0 Å². The van der Waals surface area contributed by atoms with Crippen LogP contribution in [0.4, 0.5) is 21.0 Å². The van der Waals surface area contributed by atoms with Gasteiger partial charge in [0.1, 0.15) is 0 Å². The molecule has 0 aliphatic heterocycles. The van der Waals surface area contributed by atoms with Crippen LogP contribution in [-0.4, -0.2) is 43.9 Å². The highest BCUT2D eigenvalue weighted by Crippen LogP contribution is 2.27. The molecule has 2 N–H and O–H groups in total. The van der Waals surface area contributed by atoms with Gasteiger partial charge >= 0.3 is 12.1 Å². The standard InChI is InChI=1S/C34H44N6O2/c41-33(37-29-16-20-35-21-17-29)39(31-12-5-1-2-6-13-31)25-27-10-9-11-28(24-27)26-40(32-14-7-3-4-8-15-32)34(42)38-30-18-22-36-23-19-30/h9-11,16-24,31-32H,1-8,12-15,25-26H2,(H,35,37,41)(H,36,38,42). The maximum absolute atomic E-state index is 13.6. The van der Waals surface area contributed by atoms with E-state index in [4.69, 9.17) is 0 Å². The molecule has 5 rings (SSSR count). The van der Waals surface area contributed by atoms with E-state index in [0.717, 1.165) is 73.9 Å². The summed E-state index contributed by atoms with van der Waals surface area (Å²) in [5, 5.41) is 6.19. The summed E-state index contributed by atoms with van der Waals surface area (Å²) < 4.78 is 0. The summed E-state index contributed by atoms with van der Waals surface area (Å²) in [5.74, 6) is 0. The van der Waals surface area contributed by atoms with Crippen LogP contribution in [0.2, 0.25) is 0 Å². The molecule has 2 fully saturated rings. The molecule has 8 nitrogen and oxygen atoms in total. The predicted molar refractivity (Wildman–Crippen MR) is 167 cm³/mol. The zero-order chi connectivity index (χ0) is 29.0. The Kier molecular flexibility index (Phi) is 10.8. The van der Waals surface area contributed by atoms with E-state index >= 15 is 0 Å². The predicted octanol–water partition coefficient (Wildman–Crippen LogP) is 7.99. The van der Waals surface area contributed by atoms with E-state index in [0.29, 0.717) is 13.1 Å². The van der Waals surface area contributed by atoms with Crippen molar-refractivity contribution < 1.29 is 9.59 Å². The van der Waals surface area contributed by atoms with Gasteiger partial charge in [-0.1, -0.05) is 75.6 Å². The number of anilines is 2. The van der Waals surface area contributed by atoms with Crippen molar-refractivity contribution in [1.82, 2.24) is 19.8 Å². The third kappa shape index (κ3) is 8.54. The molecule has 42 heavy (non-hydrogen) atoms. The second kappa shape index (κ2) is 15.3. The Morgan fingerprint density at radius 1 is 0.595 bits per heavy atom. The quantitative estimate of drug-likeness (QED) is 0.270. The number of nitrogens with one attached hydrogen (secondary N) is 2. The number of nitrogens with zero attached hydrogens (tertiary/aromatic N) is 4. The van der Waals surface area contributed by atoms with E-state index in [2.05, 4.69) is 44.9 Å². The molecule has 2 aromatic heterocycles. The van der Waals surface area contributed by atoms with Crippen LogP contribution in [-0.2, 0) is 13.1 Å². The Bertz CT molecular complexity index is 1160. The van der Waals surface area contributed by atoms with Crippen LogP contribution in [0.3, 0.4) is 0 Å². The molecule has 2 aliphatic carbocycles. The first-order valence-electron chi connectivity index (χ1n) is 15.7. The lowest BCUT2D eigenvalue weighted by Crippen LogP contribution is -2.42. The summed E-state index contributed by atoms with van der Waals surface area (Å²) in [4.78, 5) is 39.4. The largest absolute Gasteiger partial charge is 0.322 e. The molecule has 8 heteroatoms. The lowest BCUT2D eigenvalue weighted by molar-refractivity contribution is 0.174. The molecule has 0 unspecified atom stereocenters. The first-order valence-corrected chi connectivity index (χ1v) is 15.7. The minimum absolute atomic E-state index is 0.0738. The molecule has 0 spiro atoms. The van der Waals surface area contributed by atoms with E-state index in [1.165, 1.54) is 25.7 Å². The minimum Gasteiger partial charge on any atom is -0.317 e. The van der Waals surface area contributed by atoms with Crippen molar-refractivity contribution in [2.24, 2.45) is 0 Å². The van der Waals surface area contributed by atoms with Gasteiger partial charge in [-0.2, -0.15) is 0 Å². The van der Waals surface area contributed by atoms with Gasteiger partial charge in [-0.05, 0) is 61.1 Å². The highest BCUT2D eigenvalue weighted by molar-refractivity contribution is 5.90. The van der Waals surface area contributed by atoms with Gasteiger partial charge in [0.05, 0.1) is 0 Å². The summed E-state index contributed by atoms with van der Waals surface area (Å²) in [6.45, 7) is 1.06. The highest BCUT2D eigenvalue weighted by Gasteiger charge is 2.27. The van der Waals surface area contributed by atoms with Crippen LogP contribution >= 0.6 is 0 Å². The Labute approximate surface area is 249 Å². The molecule has 1 aromatic carbocycles. The van der Waals surface area contributed by atoms with Crippen LogP contribution < -0.4 is 10.6 Å². The molecule has 3 aromatic rings. The maximum Gasteiger partial charge on any atom is 0.322 e. The van der Waals surface area contributed by atoms with Gasteiger partial charge in [-0.15, -0.1) is 0 Å². The Morgan fingerprint density at radius 2 is 0.976 bits per heavy atom. The minimum atomic E-state index is -0.0738. The number of carbonyl (C=O) groups is 2. The van der Waals surface area contributed by atoms with Gasteiger partial charge in [0.2, 0.25) is 0 Å². The molecule has 4 amide bonds. The number of pyridine rings is 2. The topological polar surface area (TPSA) is 90.5 Å². The molecule has 0 atom stereocenters. The van der Waals surface area contributed by atoms with Gasteiger partial charge in [-0.3, -0.25) is 9.97 Å². The lowest BCUT2D eigenvalue weighted by atomic mass is 10.0. The average molecular weight is 569 g/mol. The monoisotopic (exact) mass is 568 g/mol. The summed E-state index contributed by atoms with van der Waals surface area (Å²) in [6.07, 6.45) is 20.4. The SMILES string of the molecule is O=C(Nc1ccncc1)N(Cc1cccc(CN(C(=O)Nc2ccncc2)C2CCCCCC2)c1)C1CCCCCC1. The van der Waals surface area contributed by atoms with Gasteiger partial charge in [0.25, 0.3) is 0 Å². The molecule has 222 valence electrons. The van der Waals surface area contributed by atoms with Crippen LogP contribution in [0.5, 0.6) is 0 Å². The van der Waals surface area contributed by atoms with Crippen LogP contribution in [0.1, 0.15) is 88.2 Å². The molecule has 0 bridgehead atoms. The average Bonchev–Trinajstić information content (AvgIpc) is 3.46. The van der Waals surface area contributed by atoms with Gasteiger partial charge in [0, 0.05) is 61.3 Å². The first kappa shape index (κ1) is 29.5. The Morgan fingerprint density at radius 3 is 1.36 bits per heavy atom. The van der Waals surface area contributed by atoms with Crippen molar-refractivity contribution in [2.75, 3.05) is 10.6 Å². The van der Waals surface area contributed by atoms with Crippen molar-refractivity contribution in [3.8, 4) is 0 Å². The van der Waals surface area contributed by atoms with E-state index in [1.54, 1.807) is 24.8 Å². The smallest absolute Gasteiger partial charge is 0.317 e. The number of hydrogen-bond acceptors (Lipinski definition) is 4. The van der Waals surface area contributed by atoms with E-state index in [1.807, 2.05) is 34.1 Å². The van der Waals surface area contributed by atoms with E-state index < -0.39 is 0 Å². The van der Waals surface area contributed by atoms with Gasteiger partial charge in [-0.25, -0.2) is 9.59 Å². The second-order valence-corrected chi connectivity index (χ2v) is 11.7. The first-order chi connectivity index (χ1) is 20.7. The number of benzene rings is 1. The van der Waals surface area contributed by atoms with Crippen molar-refractivity contribution >= 4 is 23.4 Å². The van der Waals surface area contributed by atoms with Crippen molar-refractivity contribution in [1.29, 1.82) is 0 Å². The van der Waals surface area contributed by atoms with Gasteiger partial charge in [0.15, 0.2) is 0 Å². The zero-order valence-corrected chi connectivity index (χ0v) is 24.6. The number of hydrogen-bond donors (Lipinski definition) is 2. The fourth-order valence-electron chi connectivity index (χ4n) is 6.35. The van der Waals surface area contributed by atoms with Gasteiger partial charge < -0.3 is 20.4 Å². The normalized spacial score (nSPS) is 16.6. The second-order valence-electron chi connectivity index (χ2n) is 11.7. The third-order valence-electron chi connectivity index (χ3n) is 8.61. The number of rotatable bonds is 8. The van der Waals surface area contributed by atoms with Crippen LogP contribution in [0.25, 0.3) is 0 Å². The molecule has 2 heterocycles. The van der Waals surface area contributed by atoms with Crippen molar-refractivity contribution in [2.45, 2.75) is 102 Å². The summed E-state index contributed by atoms with van der Waals surface area (Å²) in [6, 6.07) is 16.0. The number of urea groups is 2. The van der Waals surface area contributed by atoms with Crippen LogP contribution in [0, 0.1) is 0 Å². The fraction of sp³-hybridized carbons (Fsp3) is 0.471. The summed E-state index contributed by atoms with van der Waals surface area (Å²) >= 11 is 0. The zero-order valence-electron chi connectivity index (χ0n) is 24.6. The molecular weight excluding hydrogens is 524 g/mol. The Balaban J connectivity index is 1.34. The molecule has 0 saturated heterocycles. The number of carbonyl (C=O) groups excluding carboxylic acids is 2. The third-order valence-corrected chi connectivity index (χ3v) is 8.61. The number of aromatic nitrogens is 2. The van der Waals surface area contributed by atoms with E-state index in [9.17, 15) is 9.59 Å². The summed E-state index contributed by atoms with van der Waals surface area (Å²) in [5.41, 5.74) is 3.66. The molecule has 2 aliphatic rings. The maximum atomic E-state index is 13.6. The molecule has 0 radical (unpaired) electrons. The fourth-order valence-corrected chi connectivity index (χ4v) is 6.35. The number of amides is 4. The van der Waals surface area contributed by atoms with E-state index in [-0.39, 0.29) is 24.1 Å². The Hall–Kier alpha value is -3.94. The van der Waals surface area contributed by atoms with Crippen LogP contribution in [0.15, 0.2) is 73.3 Å².